The van der Waals surface area contributed by atoms with E-state index in [0.29, 0.717) is 33.3 Å². The summed E-state index contributed by atoms with van der Waals surface area (Å²) in [5.74, 6) is -2.23. The quantitative estimate of drug-likeness (QED) is 0.266. The summed E-state index contributed by atoms with van der Waals surface area (Å²) in [5, 5.41) is 7.24. The zero-order chi connectivity index (χ0) is 23.3. The molecule has 0 bridgehead atoms. The first-order valence-electron chi connectivity index (χ1n) is 10.2. The molecule has 0 amide bonds. The molecule has 6 aromatic rings. The number of nitrogens with zero attached hydrogens (tertiary/aromatic N) is 5. The van der Waals surface area contributed by atoms with Gasteiger partial charge >= 0.3 is 0 Å². The predicted molar refractivity (Wildman–Crippen MR) is 125 cm³/mol. The van der Waals surface area contributed by atoms with Gasteiger partial charge in [0.05, 0.1) is 17.3 Å². The number of pyridine rings is 1. The Morgan fingerprint density at radius 2 is 2.00 bits per heavy atom. The Balaban J connectivity index is 1.28. The highest BCUT2D eigenvalue weighted by molar-refractivity contribution is 7.16. The number of furan rings is 1. The van der Waals surface area contributed by atoms with E-state index >= 15 is 0 Å². The Hall–Kier alpha value is -3.70. The van der Waals surface area contributed by atoms with Crippen molar-refractivity contribution in [1.29, 1.82) is 0 Å². The first-order valence-corrected chi connectivity index (χ1v) is 11.9. The zero-order valence-electron chi connectivity index (χ0n) is 17.6. The Morgan fingerprint density at radius 1 is 1.15 bits per heavy atom. The summed E-state index contributed by atoms with van der Waals surface area (Å²) in [5.41, 5.74) is 2.86. The molecule has 0 fully saturated rings. The highest BCUT2D eigenvalue weighted by Crippen LogP contribution is 2.36. The van der Waals surface area contributed by atoms with Crippen LogP contribution in [-0.4, -0.2) is 24.6 Å². The highest BCUT2D eigenvalue weighted by Gasteiger charge is 2.30. The van der Waals surface area contributed by atoms with Crippen LogP contribution in [0.15, 0.2) is 64.7 Å². The second kappa shape index (κ2) is 7.96. The lowest BCUT2D eigenvalue weighted by Crippen LogP contribution is -2.07. The zero-order valence-corrected chi connectivity index (χ0v) is 19.2. The number of ether oxygens (including phenoxy) is 1. The smallest absolute Gasteiger partial charge is 0.298 e. The minimum Gasteiger partial charge on any atom is -0.471 e. The molecule has 0 spiro atoms. The summed E-state index contributed by atoms with van der Waals surface area (Å²) in [4.78, 5) is 13.5. The summed E-state index contributed by atoms with van der Waals surface area (Å²) in [6.07, 6.45) is 3.13. The van der Waals surface area contributed by atoms with Crippen molar-refractivity contribution in [1.82, 2.24) is 24.6 Å². The largest absolute Gasteiger partial charge is 0.471 e. The van der Waals surface area contributed by atoms with Crippen molar-refractivity contribution in [2.45, 2.75) is 19.5 Å². The van der Waals surface area contributed by atoms with Gasteiger partial charge in [-0.25, -0.2) is 15.0 Å². The van der Waals surface area contributed by atoms with Gasteiger partial charge in [0.2, 0.25) is 10.8 Å². The molecule has 0 N–H and O–H groups in total. The molecule has 5 aromatic heterocycles. The molecule has 11 heteroatoms. The number of benzene rings is 1. The first kappa shape index (κ1) is 20.9. The lowest BCUT2D eigenvalue weighted by Gasteiger charge is -2.03. The molecule has 170 valence electrons. The van der Waals surface area contributed by atoms with E-state index in [1.54, 1.807) is 35.9 Å². The summed E-state index contributed by atoms with van der Waals surface area (Å²) < 4.78 is 40.7. The SMILES string of the molecule is CC(F)(F)c1nn2c(-c3cc4c(OCc5csc(-c6ccccc6)n5)nccc4o3)cnc2s1. The van der Waals surface area contributed by atoms with Crippen LogP contribution in [0.2, 0.25) is 0 Å². The molecular weight excluding hydrogens is 480 g/mol. The minimum absolute atomic E-state index is 0.244. The van der Waals surface area contributed by atoms with Gasteiger partial charge in [-0.05, 0) is 6.07 Å². The molecule has 0 aliphatic carbocycles. The van der Waals surface area contributed by atoms with Gasteiger partial charge in [-0.15, -0.1) is 11.3 Å². The van der Waals surface area contributed by atoms with Gasteiger partial charge < -0.3 is 9.15 Å². The fourth-order valence-corrected chi connectivity index (χ4v) is 5.06. The number of alkyl halides is 2. The molecule has 0 saturated heterocycles. The number of fused-ring (bicyclic) bond motifs is 2. The molecule has 0 atom stereocenters. The number of rotatable bonds is 6. The highest BCUT2D eigenvalue weighted by atomic mass is 32.1. The Labute approximate surface area is 199 Å². The number of imidazole rings is 1. The van der Waals surface area contributed by atoms with Gasteiger partial charge in [0, 0.05) is 30.1 Å². The van der Waals surface area contributed by atoms with Gasteiger partial charge in [-0.1, -0.05) is 41.7 Å². The molecule has 0 aliphatic rings. The summed E-state index contributed by atoms with van der Waals surface area (Å²) in [7, 11) is 0. The molecule has 0 radical (unpaired) electrons. The minimum atomic E-state index is -3.04. The van der Waals surface area contributed by atoms with Crippen molar-refractivity contribution in [3.05, 3.63) is 70.9 Å². The van der Waals surface area contributed by atoms with Gasteiger partial charge in [0.25, 0.3) is 5.92 Å². The van der Waals surface area contributed by atoms with Crippen LogP contribution in [0.5, 0.6) is 5.88 Å². The van der Waals surface area contributed by atoms with Crippen molar-refractivity contribution < 1.29 is 17.9 Å². The fourth-order valence-electron chi connectivity index (χ4n) is 3.45. The van der Waals surface area contributed by atoms with E-state index in [1.165, 1.54) is 4.52 Å². The van der Waals surface area contributed by atoms with E-state index in [1.807, 2.05) is 35.7 Å². The molecule has 0 unspecified atom stereocenters. The fraction of sp³-hybridized carbons (Fsp3) is 0.130. The number of hydrogen-bond donors (Lipinski definition) is 0. The van der Waals surface area contributed by atoms with E-state index < -0.39 is 5.92 Å². The number of thiazole rings is 1. The molecular formula is C23H15F2N5O2S2. The van der Waals surface area contributed by atoms with Crippen LogP contribution in [0.4, 0.5) is 8.78 Å². The normalized spacial score (nSPS) is 12.1. The average molecular weight is 496 g/mol. The van der Waals surface area contributed by atoms with E-state index in [2.05, 4.69) is 20.1 Å². The molecule has 7 nitrogen and oxygen atoms in total. The molecule has 6 rings (SSSR count). The molecule has 34 heavy (non-hydrogen) atoms. The second-order valence-electron chi connectivity index (χ2n) is 7.57. The van der Waals surface area contributed by atoms with E-state index in [9.17, 15) is 8.78 Å². The summed E-state index contributed by atoms with van der Waals surface area (Å²) >= 11 is 2.39. The maximum atomic E-state index is 13.7. The van der Waals surface area contributed by atoms with Crippen molar-refractivity contribution >= 4 is 38.6 Å². The van der Waals surface area contributed by atoms with Gasteiger partial charge in [-0.2, -0.15) is 18.4 Å². The van der Waals surface area contributed by atoms with Gasteiger partial charge in [0.15, 0.2) is 10.8 Å². The second-order valence-corrected chi connectivity index (χ2v) is 9.38. The summed E-state index contributed by atoms with van der Waals surface area (Å²) in [6.45, 7) is 1.06. The molecule has 1 aromatic carbocycles. The third-order valence-corrected chi connectivity index (χ3v) is 7.09. The third kappa shape index (κ3) is 3.72. The Morgan fingerprint density at radius 3 is 2.82 bits per heavy atom. The van der Waals surface area contributed by atoms with Crippen LogP contribution in [0.3, 0.4) is 0 Å². The lowest BCUT2D eigenvalue weighted by molar-refractivity contribution is 0.0163. The van der Waals surface area contributed by atoms with Crippen LogP contribution in [0.25, 0.3) is 38.0 Å². The van der Waals surface area contributed by atoms with Crippen LogP contribution in [0, 0.1) is 0 Å². The third-order valence-electron chi connectivity index (χ3n) is 5.05. The van der Waals surface area contributed by atoms with Crippen molar-refractivity contribution in [3.8, 4) is 27.9 Å². The number of aromatic nitrogens is 5. The van der Waals surface area contributed by atoms with Gasteiger partial charge in [0.1, 0.15) is 22.9 Å². The topological polar surface area (TPSA) is 78.3 Å². The van der Waals surface area contributed by atoms with Crippen LogP contribution in [-0.2, 0) is 12.5 Å². The van der Waals surface area contributed by atoms with Crippen LogP contribution < -0.4 is 4.74 Å². The van der Waals surface area contributed by atoms with Gasteiger partial charge in [-0.3, -0.25) is 0 Å². The Kier molecular flexibility index (Phi) is 4.89. The monoisotopic (exact) mass is 495 g/mol. The van der Waals surface area contributed by atoms with E-state index in [0.717, 1.165) is 34.5 Å². The number of halogens is 2. The standard InChI is InChI=1S/C23H15F2N5O2S2/c1-23(24,25)21-29-30-16(10-27-22(30)34-21)18-9-15-17(32-18)7-8-26-19(15)31-11-14-12-33-20(28-14)13-5-3-2-4-6-13/h2-10,12H,11H2,1H3. The Bertz CT molecular complexity index is 1610. The summed E-state index contributed by atoms with van der Waals surface area (Å²) in [6, 6.07) is 13.4. The molecule has 0 aliphatic heterocycles. The molecule has 0 saturated carbocycles. The lowest BCUT2D eigenvalue weighted by atomic mass is 10.2. The van der Waals surface area contributed by atoms with Crippen LogP contribution in [0.1, 0.15) is 17.6 Å². The maximum absolute atomic E-state index is 13.7. The van der Waals surface area contributed by atoms with Crippen molar-refractivity contribution in [2.75, 3.05) is 0 Å². The van der Waals surface area contributed by atoms with E-state index in [-0.39, 0.29) is 11.6 Å². The maximum Gasteiger partial charge on any atom is 0.298 e. The van der Waals surface area contributed by atoms with Crippen LogP contribution >= 0.6 is 22.7 Å². The van der Waals surface area contributed by atoms with Crippen molar-refractivity contribution in [2.24, 2.45) is 0 Å². The average Bonchev–Trinajstić information content (AvgIpc) is 3.60. The molecule has 5 heterocycles. The predicted octanol–water partition coefficient (Wildman–Crippen LogP) is 6.41. The van der Waals surface area contributed by atoms with E-state index in [4.69, 9.17) is 9.15 Å². The number of hydrogen-bond acceptors (Lipinski definition) is 8. The first-order chi connectivity index (χ1) is 16.5. The van der Waals surface area contributed by atoms with Crippen molar-refractivity contribution in [3.63, 3.8) is 0 Å².